The first-order chi connectivity index (χ1) is 29.4. The number of halogens is 2. The van der Waals surface area contributed by atoms with Gasteiger partial charge in [0.2, 0.25) is 23.6 Å². The van der Waals surface area contributed by atoms with Crippen molar-refractivity contribution >= 4 is 46.0 Å². The number of aromatic nitrogens is 4. The summed E-state index contributed by atoms with van der Waals surface area (Å²) in [6.07, 6.45) is 9.26. The lowest BCUT2D eigenvalue weighted by atomic mass is 9.51. The first-order valence-corrected chi connectivity index (χ1v) is 22.3. The van der Waals surface area contributed by atoms with Crippen LogP contribution in [0.25, 0.3) is 22.3 Å². The first kappa shape index (κ1) is 38.7. The molecule has 12 rings (SSSR count). The van der Waals surface area contributed by atoms with Crippen LogP contribution in [0.4, 0.5) is 20.3 Å². The molecule has 3 unspecified atom stereocenters. The molecule has 1 spiro atoms. The third-order valence-electron chi connectivity index (χ3n) is 15.6. The molecule has 5 saturated heterocycles. The van der Waals surface area contributed by atoms with Gasteiger partial charge in [-0.25, -0.2) is 18.4 Å². The van der Waals surface area contributed by atoms with Crippen molar-refractivity contribution in [2.75, 3.05) is 49.1 Å². The number of fused-ring (bicyclic) bond motifs is 1. The van der Waals surface area contributed by atoms with Gasteiger partial charge in [0.25, 0.3) is 5.92 Å². The predicted molar refractivity (Wildman–Crippen MR) is 222 cm³/mol. The Morgan fingerprint density at radius 2 is 1.74 bits per heavy atom. The molecule has 0 radical (unpaired) electrons. The van der Waals surface area contributed by atoms with E-state index in [1.165, 1.54) is 0 Å². The van der Waals surface area contributed by atoms with E-state index in [2.05, 4.69) is 20.2 Å². The number of hydrogen-bond acceptors (Lipinski definition) is 8. The fourth-order valence-corrected chi connectivity index (χ4v) is 11.7. The fourth-order valence-electron chi connectivity index (χ4n) is 11.7. The molecule has 13 nitrogen and oxygen atoms in total. The number of carbonyl (C=O) groups is 4. The second-order valence-corrected chi connectivity index (χ2v) is 19.1. The molecule has 3 aliphatic carbocycles. The Balaban J connectivity index is 0.734. The molecule has 4 aromatic rings. The quantitative estimate of drug-likeness (QED) is 0.207. The van der Waals surface area contributed by atoms with Crippen LogP contribution in [-0.4, -0.2) is 93.5 Å². The molecule has 4 atom stereocenters. The topological polar surface area (TPSA) is 146 Å². The van der Waals surface area contributed by atoms with Crippen LogP contribution < -0.4 is 15.1 Å². The zero-order valence-corrected chi connectivity index (χ0v) is 34.6. The molecule has 61 heavy (non-hydrogen) atoms. The van der Waals surface area contributed by atoms with Crippen molar-refractivity contribution in [3.8, 4) is 11.4 Å². The number of likely N-dealkylation sites (tertiary alicyclic amines) is 1. The number of imide groups is 1. The van der Waals surface area contributed by atoms with Gasteiger partial charge in [-0.1, -0.05) is 19.1 Å². The summed E-state index contributed by atoms with van der Waals surface area (Å²) in [7, 11) is 0. The Hall–Kier alpha value is -5.18. The monoisotopic (exact) mass is 834 g/mol. The van der Waals surface area contributed by atoms with E-state index in [0.29, 0.717) is 88.4 Å². The molecule has 8 heterocycles. The average Bonchev–Trinajstić information content (AvgIpc) is 3.97. The zero-order valence-electron chi connectivity index (χ0n) is 34.6. The summed E-state index contributed by atoms with van der Waals surface area (Å²) in [5, 5.41) is 8.36. The number of benzene rings is 1. The molecule has 1 aromatic carbocycles. The number of H-pyrrole nitrogens is 1. The normalized spacial score (nSPS) is 28.6. The average molecular weight is 835 g/mol. The van der Waals surface area contributed by atoms with Crippen LogP contribution in [0.2, 0.25) is 0 Å². The zero-order chi connectivity index (χ0) is 41.8. The smallest absolute Gasteiger partial charge is 0.260 e. The molecule has 4 amide bonds. The van der Waals surface area contributed by atoms with Gasteiger partial charge in [0.05, 0.1) is 22.9 Å². The maximum atomic E-state index is 15.6. The Kier molecular flexibility index (Phi) is 9.00. The van der Waals surface area contributed by atoms with Crippen molar-refractivity contribution in [2.45, 2.75) is 108 Å². The number of carbonyl (C=O) groups excluding carboxylic acids is 4. The molecule has 3 aromatic heterocycles. The number of rotatable bonds is 6. The van der Waals surface area contributed by atoms with Crippen LogP contribution in [0, 0.1) is 16.7 Å². The lowest BCUT2D eigenvalue weighted by Crippen LogP contribution is -2.59. The summed E-state index contributed by atoms with van der Waals surface area (Å²) in [4.78, 5) is 66.0. The number of anilines is 2. The van der Waals surface area contributed by atoms with Gasteiger partial charge in [0.15, 0.2) is 0 Å². The van der Waals surface area contributed by atoms with Crippen LogP contribution in [0.3, 0.4) is 0 Å². The second kappa shape index (κ2) is 14.2. The first-order valence-electron chi connectivity index (χ1n) is 22.3. The van der Waals surface area contributed by atoms with E-state index < -0.39 is 22.7 Å². The minimum Gasteiger partial charge on any atom is -0.357 e. The molecule has 15 heteroatoms. The van der Waals surface area contributed by atoms with Gasteiger partial charge in [-0.05, 0) is 94.0 Å². The van der Waals surface area contributed by atoms with E-state index in [0.717, 1.165) is 72.2 Å². The third kappa shape index (κ3) is 6.14. The molecule has 6 fully saturated rings. The molecule has 8 aliphatic rings. The molecule has 5 aliphatic heterocycles. The highest BCUT2D eigenvalue weighted by Gasteiger charge is 2.70. The van der Waals surface area contributed by atoms with Crippen LogP contribution in [0.1, 0.15) is 112 Å². The third-order valence-corrected chi connectivity index (χ3v) is 15.6. The van der Waals surface area contributed by atoms with Crippen molar-refractivity contribution < 1.29 is 32.7 Å². The Morgan fingerprint density at radius 3 is 2.46 bits per heavy atom. The number of nitrogens with zero attached hydrogens (tertiary/aromatic N) is 6. The van der Waals surface area contributed by atoms with Crippen LogP contribution in [-0.2, 0) is 30.3 Å². The van der Waals surface area contributed by atoms with E-state index in [-0.39, 0.29) is 48.1 Å². The Morgan fingerprint density at radius 1 is 0.934 bits per heavy atom. The molecule has 2 N–H and O–H groups in total. The van der Waals surface area contributed by atoms with Gasteiger partial charge >= 0.3 is 0 Å². The molecular weight excluding hydrogens is 783 g/mol. The number of piperidine rings is 3. The van der Waals surface area contributed by atoms with Crippen molar-refractivity contribution in [3.63, 3.8) is 0 Å². The van der Waals surface area contributed by atoms with Crippen molar-refractivity contribution in [1.82, 2.24) is 30.0 Å². The number of nitrogens with one attached hydrogen (secondary N) is 2. The van der Waals surface area contributed by atoms with E-state index in [9.17, 15) is 19.2 Å². The van der Waals surface area contributed by atoms with Crippen LogP contribution in [0.15, 0.2) is 42.6 Å². The maximum absolute atomic E-state index is 15.6. The van der Waals surface area contributed by atoms with Gasteiger partial charge in [-0.15, -0.1) is 0 Å². The van der Waals surface area contributed by atoms with Crippen LogP contribution >= 0.6 is 0 Å². The molecule has 320 valence electrons. The predicted octanol–water partition coefficient (Wildman–Crippen LogP) is 6.59. The Labute approximate surface area is 352 Å². The van der Waals surface area contributed by atoms with Gasteiger partial charge in [-0.2, -0.15) is 5.10 Å². The van der Waals surface area contributed by atoms with Gasteiger partial charge in [-0.3, -0.25) is 24.5 Å². The molecular formula is C46H52F2N8O5. The van der Waals surface area contributed by atoms with Crippen LogP contribution in [0.5, 0.6) is 0 Å². The van der Waals surface area contributed by atoms with Gasteiger partial charge in [0.1, 0.15) is 17.7 Å². The number of alkyl halides is 2. The largest absolute Gasteiger partial charge is 0.357 e. The van der Waals surface area contributed by atoms with Crippen molar-refractivity contribution in [1.29, 1.82) is 0 Å². The highest BCUT2D eigenvalue weighted by atomic mass is 19.3. The molecule has 1 saturated carbocycles. The highest BCUT2D eigenvalue weighted by Crippen LogP contribution is 2.68. The highest BCUT2D eigenvalue weighted by molar-refractivity contribution is 6.02. The number of ether oxygens (including phenoxy) is 1. The summed E-state index contributed by atoms with van der Waals surface area (Å²) >= 11 is 0. The van der Waals surface area contributed by atoms with E-state index in [1.807, 2.05) is 50.9 Å². The summed E-state index contributed by atoms with van der Waals surface area (Å²) < 4.78 is 39.2. The van der Waals surface area contributed by atoms with E-state index in [4.69, 9.17) is 9.84 Å². The minimum atomic E-state index is -2.79. The van der Waals surface area contributed by atoms with Crippen molar-refractivity contribution in [3.05, 3.63) is 59.4 Å². The van der Waals surface area contributed by atoms with E-state index in [1.54, 1.807) is 13.1 Å². The maximum Gasteiger partial charge on any atom is 0.260 e. The Bertz CT molecular complexity index is 2440. The lowest BCUT2D eigenvalue weighted by Gasteiger charge is -2.56. The van der Waals surface area contributed by atoms with Crippen molar-refractivity contribution in [2.24, 2.45) is 16.7 Å². The summed E-state index contributed by atoms with van der Waals surface area (Å²) in [6.45, 7) is 5.46. The number of hydrogen-bond donors (Lipinski definition) is 2. The number of aromatic amines is 1. The van der Waals surface area contributed by atoms with Gasteiger partial charge in [0, 0.05) is 97.5 Å². The van der Waals surface area contributed by atoms with E-state index >= 15 is 8.78 Å². The van der Waals surface area contributed by atoms with Gasteiger partial charge < -0.3 is 24.4 Å². The SMILES string of the molecule is C[C@@]12Cc3c(c(-c4cc5ccc(N6CCC7(CCN(C(=O)C8CCN(c9ccc(C%10CCC(=O)NC%10=O)cn9)CC8)CC7)C6=O)cc5[nH]4)nn3C3CCCCO3)C(C1)C2(F)F. The summed E-state index contributed by atoms with van der Waals surface area (Å²) in [5.74, 6) is -3.54. The molecule has 2 bridgehead atoms. The fraction of sp³-hybridized carbons (Fsp3) is 0.565. The second-order valence-electron chi connectivity index (χ2n) is 19.1. The number of pyridine rings is 1. The summed E-state index contributed by atoms with van der Waals surface area (Å²) in [5.41, 5.74) is 3.66. The summed E-state index contributed by atoms with van der Waals surface area (Å²) in [6, 6.07) is 11.8. The number of amides is 4. The standard InChI is InChI=1S/C46H52F2N8O5/c1-44-24-32(46(44,47)48)39-35(25-44)56(38-4-2-3-21-61-38)52-40(39)34-22-28-5-7-30(23-33(28)50-34)55-20-15-45(43(55)60)13-18-54(19-14-45)42(59)27-11-16-53(17-12-27)36-9-6-29(26-49-36)31-8-10-37(57)51-41(31)58/h5-7,9,22-23,26-27,31-32,38,50H,2-4,8,10-21,24-25H2,1H3,(H,51,57,58)/t31?,32?,38?,44-/m0/s1. The minimum absolute atomic E-state index is 0.0773. The lowest BCUT2D eigenvalue weighted by molar-refractivity contribution is -0.222.